The van der Waals surface area contributed by atoms with Crippen molar-refractivity contribution in [2.45, 2.75) is 13.5 Å². The van der Waals surface area contributed by atoms with E-state index in [1.807, 2.05) is 0 Å². The van der Waals surface area contributed by atoms with Crippen LogP contribution in [0, 0.1) is 11.7 Å². The first kappa shape index (κ1) is 11.7. The third-order valence-corrected chi connectivity index (χ3v) is 2.09. The molecule has 0 radical (unpaired) electrons. The summed E-state index contributed by atoms with van der Waals surface area (Å²) in [5, 5.41) is 11.6. The minimum atomic E-state index is -0.832. The van der Waals surface area contributed by atoms with Gasteiger partial charge >= 0.3 is 5.97 Å². The summed E-state index contributed by atoms with van der Waals surface area (Å²) in [4.78, 5) is 10.5. The number of halogens is 1. The Bertz CT molecular complexity index is 341. The predicted molar refractivity (Wildman–Crippen MR) is 54.9 cm³/mol. The molecule has 82 valence electrons. The van der Waals surface area contributed by atoms with E-state index >= 15 is 0 Å². The average molecular weight is 211 g/mol. The molecule has 1 unspecified atom stereocenters. The summed E-state index contributed by atoms with van der Waals surface area (Å²) < 4.78 is 12.8. The molecule has 0 aliphatic rings. The van der Waals surface area contributed by atoms with Crippen molar-refractivity contribution in [1.82, 2.24) is 5.32 Å². The molecular weight excluding hydrogens is 197 g/mol. The zero-order valence-electron chi connectivity index (χ0n) is 8.53. The zero-order chi connectivity index (χ0) is 11.3. The Balaban J connectivity index is 2.35. The maximum absolute atomic E-state index is 12.8. The molecule has 2 N–H and O–H groups in total. The van der Waals surface area contributed by atoms with Crippen LogP contribution in [0.15, 0.2) is 24.3 Å². The Labute approximate surface area is 87.9 Å². The smallest absolute Gasteiger partial charge is 0.307 e. The van der Waals surface area contributed by atoms with Gasteiger partial charge in [-0.1, -0.05) is 19.1 Å². The molecule has 3 nitrogen and oxygen atoms in total. The second-order valence-electron chi connectivity index (χ2n) is 3.50. The van der Waals surface area contributed by atoms with Gasteiger partial charge in [-0.25, -0.2) is 4.39 Å². The molecule has 1 rings (SSSR count). The van der Waals surface area contributed by atoms with Gasteiger partial charge in [0.15, 0.2) is 0 Å². The summed E-state index contributed by atoms with van der Waals surface area (Å²) in [5.74, 6) is -1.54. The van der Waals surface area contributed by atoms with E-state index in [0.29, 0.717) is 13.1 Å². The molecule has 0 spiro atoms. The summed E-state index contributed by atoms with van der Waals surface area (Å²) >= 11 is 0. The highest BCUT2D eigenvalue weighted by atomic mass is 19.1. The van der Waals surface area contributed by atoms with Crippen molar-refractivity contribution < 1.29 is 14.3 Å². The zero-order valence-corrected chi connectivity index (χ0v) is 8.53. The number of aliphatic carboxylic acids is 1. The van der Waals surface area contributed by atoms with Crippen LogP contribution in [0.2, 0.25) is 0 Å². The van der Waals surface area contributed by atoms with Crippen molar-refractivity contribution >= 4 is 5.97 Å². The van der Waals surface area contributed by atoms with E-state index in [1.165, 1.54) is 12.1 Å². The minimum absolute atomic E-state index is 0.277. The molecule has 0 amide bonds. The van der Waals surface area contributed by atoms with E-state index in [0.717, 1.165) is 5.56 Å². The average Bonchev–Trinajstić information content (AvgIpc) is 2.17. The fraction of sp³-hybridized carbons (Fsp3) is 0.364. The SMILES string of the molecule is CC(CNCc1cccc(F)c1)C(=O)O. The number of nitrogens with one attached hydrogen (secondary N) is 1. The molecule has 4 heteroatoms. The van der Waals surface area contributed by atoms with E-state index in [1.54, 1.807) is 19.1 Å². The second-order valence-corrected chi connectivity index (χ2v) is 3.50. The maximum atomic E-state index is 12.8. The van der Waals surface area contributed by atoms with Gasteiger partial charge in [0.25, 0.3) is 0 Å². The number of carboxylic acids is 1. The van der Waals surface area contributed by atoms with E-state index in [9.17, 15) is 9.18 Å². The summed E-state index contributed by atoms with van der Waals surface area (Å²) in [5.41, 5.74) is 0.813. The number of carbonyl (C=O) groups is 1. The molecular formula is C11H14FNO2. The van der Waals surface area contributed by atoms with Crippen LogP contribution in [0.1, 0.15) is 12.5 Å². The molecule has 0 aliphatic carbocycles. The quantitative estimate of drug-likeness (QED) is 0.778. The van der Waals surface area contributed by atoms with E-state index in [-0.39, 0.29) is 5.82 Å². The van der Waals surface area contributed by atoms with Crippen LogP contribution in [0.5, 0.6) is 0 Å². The van der Waals surface area contributed by atoms with Crippen molar-refractivity contribution in [1.29, 1.82) is 0 Å². The molecule has 1 aromatic carbocycles. The molecule has 0 aromatic heterocycles. The molecule has 1 aromatic rings. The fourth-order valence-electron chi connectivity index (χ4n) is 1.17. The van der Waals surface area contributed by atoms with Crippen LogP contribution in [0.3, 0.4) is 0 Å². The highest BCUT2D eigenvalue weighted by Crippen LogP contribution is 2.03. The van der Waals surface area contributed by atoms with Crippen molar-refractivity contribution in [2.24, 2.45) is 5.92 Å². The van der Waals surface area contributed by atoms with Crippen LogP contribution in [0.4, 0.5) is 4.39 Å². The molecule has 1 atom stereocenters. The van der Waals surface area contributed by atoms with Gasteiger partial charge in [0, 0.05) is 13.1 Å². The van der Waals surface area contributed by atoms with Crippen LogP contribution < -0.4 is 5.32 Å². The van der Waals surface area contributed by atoms with Crippen LogP contribution >= 0.6 is 0 Å². The fourth-order valence-corrected chi connectivity index (χ4v) is 1.17. The molecule has 15 heavy (non-hydrogen) atoms. The normalized spacial score (nSPS) is 12.4. The lowest BCUT2D eigenvalue weighted by Crippen LogP contribution is -2.25. The van der Waals surface area contributed by atoms with Crippen molar-refractivity contribution in [3.8, 4) is 0 Å². The Kier molecular flexibility index (Phi) is 4.24. The lowest BCUT2D eigenvalue weighted by Gasteiger charge is -2.08. The van der Waals surface area contributed by atoms with Gasteiger partial charge in [-0.05, 0) is 17.7 Å². The summed E-state index contributed by atoms with van der Waals surface area (Å²) in [7, 11) is 0. The number of rotatable bonds is 5. The van der Waals surface area contributed by atoms with Gasteiger partial charge in [0.2, 0.25) is 0 Å². The molecule has 0 bridgehead atoms. The van der Waals surface area contributed by atoms with Gasteiger partial charge < -0.3 is 10.4 Å². The third kappa shape index (κ3) is 4.08. The lowest BCUT2D eigenvalue weighted by atomic mass is 10.1. The van der Waals surface area contributed by atoms with Crippen molar-refractivity contribution in [2.75, 3.05) is 6.54 Å². The highest BCUT2D eigenvalue weighted by molar-refractivity contribution is 5.69. The molecule has 0 aliphatic heterocycles. The highest BCUT2D eigenvalue weighted by Gasteiger charge is 2.09. The monoisotopic (exact) mass is 211 g/mol. The largest absolute Gasteiger partial charge is 0.481 e. The van der Waals surface area contributed by atoms with Gasteiger partial charge in [0.1, 0.15) is 5.82 Å². The third-order valence-electron chi connectivity index (χ3n) is 2.09. The topological polar surface area (TPSA) is 49.3 Å². The van der Waals surface area contributed by atoms with Gasteiger partial charge in [0.05, 0.1) is 5.92 Å². The second kappa shape index (κ2) is 5.46. The maximum Gasteiger partial charge on any atom is 0.307 e. The Morgan fingerprint density at radius 2 is 2.33 bits per heavy atom. The van der Waals surface area contributed by atoms with E-state index in [2.05, 4.69) is 5.32 Å². The predicted octanol–water partition coefficient (Wildman–Crippen LogP) is 1.64. The number of benzene rings is 1. The first-order valence-electron chi connectivity index (χ1n) is 4.77. The lowest BCUT2D eigenvalue weighted by molar-refractivity contribution is -0.140. The number of hydrogen-bond donors (Lipinski definition) is 2. The van der Waals surface area contributed by atoms with Gasteiger partial charge in [-0.2, -0.15) is 0 Å². The van der Waals surface area contributed by atoms with Crippen molar-refractivity contribution in [3.63, 3.8) is 0 Å². The number of carboxylic acid groups (broad SMARTS) is 1. The first-order chi connectivity index (χ1) is 7.09. The van der Waals surface area contributed by atoms with Gasteiger partial charge in [-0.15, -0.1) is 0 Å². The van der Waals surface area contributed by atoms with E-state index < -0.39 is 11.9 Å². The molecule has 0 saturated carbocycles. The van der Waals surface area contributed by atoms with Crippen LogP contribution in [-0.4, -0.2) is 17.6 Å². The summed E-state index contributed by atoms with van der Waals surface area (Å²) in [6.45, 7) is 2.49. The minimum Gasteiger partial charge on any atom is -0.481 e. The molecule has 0 saturated heterocycles. The standard InChI is InChI=1S/C11H14FNO2/c1-8(11(14)15)6-13-7-9-3-2-4-10(12)5-9/h2-5,8,13H,6-7H2,1H3,(H,14,15). The summed E-state index contributed by atoms with van der Waals surface area (Å²) in [6.07, 6.45) is 0. The van der Waals surface area contributed by atoms with Crippen LogP contribution in [-0.2, 0) is 11.3 Å². The van der Waals surface area contributed by atoms with E-state index in [4.69, 9.17) is 5.11 Å². The van der Waals surface area contributed by atoms with Crippen LogP contribution in [0.25, 0.3) is 0 Å². The van der Waals surface area contributed by atoms with Gasteiger partial charge in [-0.3, -0.25) is 4.79 Å². The van der Waals surface area contributed by atoms with Crippen molar-refractivity contribution in [3.05, 3.63) is 35.6 Å². The molecule has 0 heterocycles. The Hall–Kier alpha value is -1.42. The first-order valence-corrected chi connectivity index (χ1v) is 4.77. The number of hydrogen-bond acceptors (Lipinski definition) is 2. The Morgan fingerprint density at radius 3 is 2.93 bits per heavy atom. The molecule has 0 fully saturated rings. The summed E-state index contributed by atoms with van der Waals surface area (Å²) in [6, 6.07) is 6.23. The Morgan fingerprint density at radius 1 is 1.60 bits per heavy atom.